The summed E-state index contributed by atoms with van der Waals surface area (Å²) < 4.78 is 11.5. The van der Waals surface area contributed by atoms with Crippen LogP contribution in [0.5, 0.6) is 5.75 Å². The SMILES string of the molecule is CSc1cccc2oc(C(=O)/C=C/c3ccc(C)c(OC(C)(C)C(=O)O)c3C)cc12. The van der Waals surface area contributed by atoms with Gasteiger partial charge in [-0.3, -0.25) is 4.79 Å². The summed E-state index contributed by atoms with van der Waals surface area (Å²) in [7, 11) is 0. The highest BCUT2D eigenvalue weighted by atomic mass is 32.2. The van der Waals surface area contributed by atoms with Gasteiger partial charge in [-0.25, -0.2) is 4.79 Å². The smallest absolute Gasteiger partial charge is 0.347 e. The van der Waals surface area contributed by atoms with E-state index in [2.05, 4.69) is 0 Å². The Morgan fingerprint density at radius 1 is 1.17 bits per heavy atom. The molecule has 1 heterocycles. The van der Waals surface area contributed by atoms with Gasteiger partial charge in [0.25, 0.3) is 0 Å². The number of aliphatic carboxylic acids is 1. The number of benzene rings is 2. The average molecular weight is 425 g/mol. The Balaban J connectivity index is 1.90. The second-order valence-electron chi connectivity index (χ2n) is 7.52. The number of furan rings is 1. The van der Waals surface area contributed by atoms with Gasteiger partial charge in [-0.2, -0.15) is 0 Å². The van der Waals surface area contributed by atoms with E-state index in [0.29, 0.717) is 11.3 Å². The van der Waals surface area contributed by atoms with Crippen LogP contribution < -0.4 is 4.74 Å². The largest absolute Gasteiger partial charge is 0.478 e. The van der Waals surface area contributed by atoms with Crippen LogP contribution in [0.3, 0.4) is 0 Å². The van der Waals surface area contributed by atoms with Crippen molar-refractivity contribution in [2.75, 3.05) is 6.26 Å². The molecule has 0 aliphatic heterocycles. The van der Waals surface area contributed by atoms with E-state index in [4.69, 9.17) is 9.15 Å². The molecule has 0 bridgehead atoms. The summed E-state index contributed by atoms with van der Waals surface area (Å²) >= 11 is 1.60. The first-order chi connectivity index (χ1) is 14.1. The van der Waals surface area contributed by atoms with Crippen molar-refractivity contribution in [2.24, 2.45) is 0 Å². The number of carbonyl (C=O) groups excluding carboxylic acids is 1. The third-order valence-electron chi connectivity index (χ3n) is 4.92. The zero-order valence-electron chi connectivity index (χ0n) is 17.6. The van der Waals surface area contributed by atoms with E-state index in [1.165, 1.54) is 19.9 Å². The lowest BCUT2D eigenvalue weighted by molar-refractivity contribution is -0.152. The first-order valence-corrected chi connectivity index (χ1v) is 10.7. The Hall–Kier alpha value is -2.99. The van der Waals surface area contributed by atoms with Crippen molar-refractivity contribution in [1.82, 2.24) is 0 Å². The van der Waals surface area contributed by atoms with Gasteiger partial charge in [0.1, 0.15) is 11.3 Å². The number of aryl methyl sites for hydroxylation is 1. The molecule has 156 valence electrons. The monoisotopic (exact) mass is 424 g/mol. The lowest BCUT2D eigenvalue weighted by Crippen LogP contribution is -2.38. The molecule has 6 heteroatoms. The molecule has 0 amide bonds. The third-order valence-corrected chi connectivity index (χ3v) is 5.71. The van der Waals surface area contributed by atoms with Crippen LogP contribution in [0.1, 0.15) is 41.1 Å². The standard InChI is InChI=1S/C24H24O5S/c1-14-9-10-16(15(2)22(14)29-24(3,4)23(26)27)11-12-18(25)20-13-17-19(28-20)7-6-8-21(17)30-5/h6-13H,1-5H3,(H,26,27)/b12-11+. The van der Waals surface area contributed by atoms with Crippen LogP contribution in [-0.2, 0) is 4.79 Å². The van der Waals surface area contributed by atoms with Gasteiger partial charge in [0.15, 0.2) is 11.4 Å². The Kier molecular flexibility index (Phi) is 6.08. The second-order valence-corrected chi connectivity index (χ2v) is 8.37. The van der Waals surface area contributed by atoms with Crippen molar-refractivity contribution in [2.45, 2.75) is 38.2 Å². The van der Waals surface area contributed by atoms with Crippen LogP contribution in [-0.4, -0.2) is 28.7 Å². The maximum Gasteiger partial charge on any atom is 0.347 e. The summed E-state index contributed by atoms with van der Waals surface area (Å²) in [6, 6.07) is 11.2. The molecule has 0 fully saturated rings. The second kappa shape index (κ2) is 8.40. The van der Waals surface area contributed by atoms with E-state index >= 15 is 0 Å². The van der Waals surface area contributed by atoms with E-state index in [1.807, 2.05) is 50.4 Å². The first-order valence-electron chi connectivity index (χ1n) is 9.45. The molecule has 1 aromatic heterocycles. The molecule has 0 radical (unpaired) electrons. The fraction of sp³-hybridized carbons (Fsp3) is 0.250. The summed E-state index contributed by atoms with van der Waals surface area (Å²) in [5.41, 5.74) is 1.68. The molecule has 0 atom stereocenters. The number of rotatable bonds is 7. The van der Waals surface area contributed by atoms with Gasteiger partial charge in [-0.15, -0.1) is 11.8 Å². The van der Waals surface area contributed by atoms with E-state index in [1.54, 1.807) is 23.9 Å². The minimum absolute atomic E-state index is 0.244. The summed E-state index contributed by atoms with van der Waals surface area (Å²) in [4.78, 5) is 25.2. The number of carboxylic acid groups (broad SMARTS) is 1. The van der Waals surface area contributed by atoms with Crippen molar-refractivity contribution in [3.05, 3.63) is 64.9 Å². The first kappa shape index (κ1) is 21.7. The maximum atomic E-state index is 12.7. The number of hydrogen-bond donors (Lipinski definition) is 1. The number of hydrogen-bond acceptors (Lipinski definition) is 5. The number of ketones is 1. The van der Waals surface area contributed by atoms with Gasteiger partial charge in [0.05, 0.1) is 0 Å². The molecule has 2 aromatic carbocycles. The minimum Gasteiger partial charge on any atom is -0.478 e. The molecular weight excluding hydrogens is 400 g/mol. The van der Waals surface area contributed by atoms with Gasteiger partial charge in [0.2, 0.25) is 5.78 Å². The Morgan fingerprint density at radius 2 is 1.90 bits per heavy atom. The maximum absolute atomic E-state index is 12.7. The average Bonchev–Trinajstić information content (AvgIpc) is 3.14. The van der Waals surface area contributed by atoms with Crippen molar-refractivity contribution < 1.29 is 23.8 Å². The Morgan fingerprint density at radius 3 is 2.57 bits per heavy atom. The van der Waals surface area contributed by atoms with Gasteiger partial charge >= 0.3 is 5.97 Å². The fourth-order valence-corrected chi connectivity index (χ4v) is 3.65. The fourth-order valence-electron chi connectivity index (χ4n) is 3.06. The number of fused-ring (bicyclic) bond motifs is 1. The highest BCUT2D eigenvalue weighted by Gasteiger charge is 2.30. The molecule has 0 aliphatic rings. The molecule has 0 unspecified atom stereocenters. The molecule has 0 aliphatic carbocycles. The molecule has 3 aromatic rings. The van der Waals surface area contributed by atoms with Gasteiger partial charge in [-0.1, -0.05) is 24.3 Å². The quantitative estimate of drug-likeness (QED) is 0.289. The van der Waals surface area contributed by atoms with Crippen LogP contribution in [0.4, 0.5) is 0 Å². The minimum atomic E-state index is -1.36. The molecule has 0 saturated heterocycles. The Bertz CT molecular complexity index is 1150. The van der Waals surface area contributed by atoms with Crippen LogP contribution >= 0.6 is 11.8 Å². The molecule has 1 N–H and O–H groups in total. The summed E-state index contributed by atoms with van der Waals surface area (Å²) in [6.07, 6.45) is 5.13. The number of thioether (sulfide) groups is 1. The predicted octanol–water partition coefficient (Wildman–Crippen LogP) is 5.91. The number of carboxylic acids is 1. The summed E-state index contributed by atoms with van der Waals surface area (Å²) in [6.45, 7) is 6.71. The van der Waals surface area contributed by atoms with Gasteiger partial charge in [0, 0.05) is 10.3 Å². The number of ether oxygens (including phenoxy) is 1. The number of carbonyl (C=O) groups is 2. The topological polar surface area (TPSA) is 76.7 Å². The lowest BCUT2D eigenvalue weighted by Gasteiger charge is -2.24. The molecule has 0 spiro atoms. The van der Waals surface area contributed by atoms with E-state index in [9.17, 15) is 14.7 Å². The van der Waals surface area contributed by atoms with Crippen molar-refractivity contribution in [1.29, 1.82) is 0 Å². The zero-order chi connectivity index (χ0) is 22.1. The lowest BCUT2D eigenvalue weighted by atomic mass is 10.0. The summed E-state index contributed by atoms with van der Waals surface area (Å²) in [5.74, 6) is -0.514. The van der Waals surface area contributed by atoms with E-state index in [-0.39, 0.29) is 11.5 Å². The normalized spacial score (nSPS) is 11.9. The summed E-state index contributed by atoms with van der Waals surface area (Å²) in [5, 5.41) is 10.3. The van der Waals surface area contributed by atoms with E-state index < -0.39 is 11.6 Å². The van der Waals surface area contributed by atoms with Crippen LogP contribution in [0.2, 0.25) is 0 Å². The van der Waals surface area contributed by atoms with Crippen LogP contribution in [0.15, 0.2) is 51.8 Å². The van der Waals surface area contributed by atoms with Crippen LogP contribution in [0.25, 0.3) is 17.0 Å². The van der Waals surface area contributed by atoms with Crippen molar-refractivity contribution in [3.63, 3.8) is 0 Å². The van der Waals surface area contributed by atoms with Gasteiger partial charge in [-0.05, 0) is 74.9 Å². The van der Waals surface area contributed by atoms with Crippen molar-refractivity contribution >= 4 is 40.6 Å². The van der Waals surface area contributed by atoms with Gasteiger partial charge < -0.3 is 14.3 Å². The molecule has 3 rings (SSSR count). The molecule has 0 saturated carbocycles. The zero-order valence-corrected chi connectivity index (χ0v) is 18.4. The van der Waals surface area contributed by atoms with E-state index in [0.717, 1.165) is 27.0 Å². The Labute approximate surface area is 179 Å². The van der Waals surface area contributed by atoms with Crippen LogP contribution in [0, 0.1) is 13.8 Å². The highest BCUT2D eigenvalue weighted by molar-refractivity contribution is 7.98. The third kappa shape index (κ3) is 4.28. The predicted molar refractivity (Wildman–Crippen MR) is 120 cm³/mol. The highest BCUT2D eigenvalue weighted by Crippen LogP contribution is 2.31. The molecular formula is C24H24O5S. The molecule has 5 nitrogen and oxygen atoms in total. The number of allylic oxidation sites excluding steroid dienone is 1. The van der Waals surface area contributed by atoms with Crippen molar-refractivity contribution in [3.8, 4) is 5.75 Å². The molecule has 30 heavy (non-hydrogen) atoms.